The Balaban J connectivity index is 2.20. The lowest BCUT2D eigenvalue weighted by Crippen LogP contribution is -2.31. The first kappa shape index (κ1) is 16.9. The van der Waals surface area contributed by atoms with Crippen LogP contribution in [0.3, 0.4) is 0 Å². The van der Waals surface area contributed by atoms with E-state index in [0.717, 1.165) is 11.3 Å². The number of nitrogens with zero attached hydrogens (tertiary/aromatic N) is 1. The van der Waals surface area contributed by atoms with Gasteiger partial charge in [-0.1, -0.05) is 37.3 Å². The molecule has 0 saturated heterocycles. The summed E-state index contributed by atoms with van der Waals surface area (Å²) in [5.41, 5.74) is 1.21. The number of aromatic nitrogens is 2. The van der Waals surface area contributed by atoms with Crippen LogP contribution < -0.4 is 0 Å². The Labute approximate surface area is 136 Å². The van der Waals surface area contributed by atoms with E-state index < -0.39 is 17.5 Å². The highest BCUT2D eigenvalue weighted by Gasteiger charge is 2.28. The number of carbonyl (C=O) groups excluding carboxylic acids is 1. The summed E-state index contributed by atoms with van der Waals surface area (Å²) >= 11 is 0. The summed E-state index contributed by atoms with van der Waals surface area (Å²) in [6.07, 6.45) is 2.33. The third-order valence-electron chi connectivity index (χ3n) is 3.39. The van der Waals surface area contributed by atoms with E-state index in [1.165, 1.54) is 0 Å². The maximum absolute atomic E-state index is 12.1. The first-order valence-corrected chi connectivity index (χ1v) is 7.74. The van der Waals surface area contributed by atoms with E-state index in [9.17, 15) is 4.79 Å². The van der Waals surface area contributed by atoms with Crippen LogP contribution in [0.15, 0.2) is 36.5 Å². The van der Waals surface area contributed by atoms with Gasteiger partial charge in [0.1, 0.15) is 17.1 Å². The van der Waals surface area contributed by atoms with Gasteiger partial charge in [-0.15, -0.1) is 0 Å². The van der Waals surface area contributed by atoms with Crippen molar-refractivity contribution in [1.82, 2.24) is 9.97 Å². The van der Waals surface area contributed by atoms with Crippen LogP contribution in [0.1, 0.15) is 45.9 Å². The molecule has 0 radical (unpaired) electrons. The third kappa shape index (κ3) is 4.28. The summed E-state index contributed by atoms with van der Waals surface area (Å²) in [6.45, 7) is 7.30. The second-order valence-electron chi connectivity index (χ2n) is 6.42. The molecule has 0 unspecified atom stereocenters. The molecule has 1 aromatic carbocycles. The second-order valence-corrected chi connectivity index (χ2v) is 6.42. The van der Waals surface area contributed by atoms with Gasteiger partial charge in [-0.05, 0) is 32.8 Å². The largest absolute Gasteiger partial charge is 0.455 e. The Morgan fingerprint density at radius 3 is 2.52 bits per heavy atom. The second kappa shape index (κ2) is 6.77. The number of hydrogen-bond acceptors (Lipinski definition) is 4. The van der Waals surface area contributed by atoms with Crippen molar-refractivity contribution in [2.24, 2.45) is 0 Å². The fraction of sp³-hybridized carbons (Fsp3) is 0.389. The molecule has 1 aromatic heterocycles. The fourth-order valence-corrected chi connectivity index (χ4v) is 2.29. The molecule has 0 aliphatic carbocycles. The molecule has 0 spiro atoms. The van der Waals surface area contributed by atoms with E-state index in [2.05, 4.69) is 9.97 Å². The van der Waals surface area contributed by atoms with Gasteiger partial charge in [-0.25, -0.2) is 9.78 Å². The van der Waals surface area contributed by atoms with Crippen molar-refractivity contribution in [3.63, 3.8) is 0 Å². The molecule has 0 amide bonds. The van der Waals surface area contributed by atoms with Gasteiger partial charge in [0.2, 0.25) is 0 Å². The van der Waals surface area contributed by atoms with Gasteiger partial charge in [0.25, 0.3) is 0 Å². The molecular formula is C18H23N3O2. The lowest BCUT2D eigenvalue weighted by Gasteiger charge is -2.21. The number of imidazole rings is 1. The van der Waals surface area contributed by atoms with Crippen molar-refractivity contribution in [3.05, 3.63) is 42.4 Å². The van der Waals surface area contributed by atoms with Crippen LogP contribution in [0, 0.1) is 5.41 Å². The first-order chi connectivity index (χ1) is 10.8. The van der Waals surface area contributed by atoms with Crippen molar-refractivity contribution in [3.8, 4) is 11.3 Å². The van der Waals surface area contributed by atoms with Crippen molar-refractivity contribution >= 4 is 11.7 Å². The molecule has 122 valence electrons. The molecule has 0 saturated carbocycles. The van der Waals surface area contributed by atoms with Crippen LogP contribution in [-0.2, 0) is 9.53 Å². The lowest BCUT2D eigenvalue weighted by molar-refractivity contribution is -0.146. The van der Waals surface area contributed by atoms with Gasteiger partial charge in [0.05, 0.1) is 17.8 Å². The molecular weight excluding hydrogens is 290 g/mol. The molecule has 5 heteroatoms. The van der Waals surface area contributed by atoms with E-state index in [4.69, 9.17) is 10.1 Å². The monoisotopic (exact) mass is 313 g/mol. The van der Waals surface area contributed by atoms with Crippen LogP contribution in [0.4, 0.5) is 0 Å². The lowest BCUT2D eigenvalue weighted by atomic mass is 9.99. The number of ether oxygens (including phenoxy) is 1. The molecule has 5 nitrogen and oxygen atoms in total. The summed E-state index contributed by atoms with van der Waals surface area (Å²) in [7, 11) is 0. The fourth-order valence-electron chi connectivity index (χ4n) is 2.29. The maximum Gasteiger partial charge on any atom is 0.353 e. The van der Waals surface area contributed by atoms with Gasteiger partial charge in [-0.3, -0.25) is 5.41 Å². The zero-order valence-electron chi connectivity index (χ0n) is 14.0. The smallest absolute Gasteiger partial charge is 0.353 e. The molecule has 0 fully saturated rings. The summed E-state index contributed by atoms with van der Waals surface area (Å²) in [6, 6.07) is 9.83. The highest BCUT2D eigenvalue weighted by atomic mass is 16.6. The first-order valence-electron chi connectivity index (χ1n) is 7.74. The van der Waals surface area contributed by atoms with E-state index in [-0.39, 0.29) is 5.71 Å². The third-order valence-corrected chi connectivity index (χ3v) is 3.39. The summed E-state index contributed by atoms with van der Waals surface area (Å²) < 4.78 is 5.29. The minimum atomic E-state index is -0.611. The Bertz CT molecular complexity index is 684. The van der Waals surface area contributed by atoms with E-state index in [1.54, 1.807) is 27.0 Å². The number of H-pyrrole nitrogens is 1. The molecule has 1 atom stereocenters. The topological polar surface area (TPSA) is 78.8 Å². The highest BCUT2D eigenvalue weighted by Crippen LogP contribution is 2.23. The van der Waals surface area contributed by atoms with E-state index in [0.29, 0.717) is 12.2 Å². The number of rotatable bonds is 5. The Morgan fingerprint density at radius 2 is 1.96 bits per heavy atom. The zero-order valence-corrected chi connectivity index (χ0v) is 14.0. The van der Waals surface area contributed by atoms with Gasteiger partial charge in [-0.2, -0.15) is 0 Å². The zero-order chi connectivity index (χ0) is 17.0. The van der Waals surface area contributed by atoms with Crippen LogP contribution in [0.25, 0.3) is 11.3 Å². The minimum absolute atomic E-state index is 0.0728. The van der Waals surface area contributed by atoms with Crippen LogP contribution in [0.2, 0.25) is 0 Å². The number of hydrogen-bond donors (Lipinski definition) is 2. The SMILES string of the molecule is CC[C@@H](C(=N)C(=O)OC(C)(C)C)c1ncc(-c2ccccc2)[nH]1. The normalized spacial score (nSPS) is 12.7. The van der Waals surface area contributed by atoms with Crippen LogP contribution in [-0.4, -0.2) is 27.2 Å². The average molecular weight is 313 g/mol. The number of esters is 1. The Kier molecular flexibility index (Phi) is 4.98. The molecule has 1 heterocycles. The highest BCUT2D eigenvalue weighted by molar-refractivity contribution is 6.37. The van der Waals surface area contributed by atoms with Gasteiger partial charge >= 0.3 is 5.97 Å². The predicted molar refractivity (Wildman–Crippen MR) is 90.6 cm³/mol. The molecule has 0 aliphatic heterocycles. The molecule has 2 N–H and O–H groups in total. The Morgan fingerprint density at radius 1 is 1.30 bits per heavy atom. The average Bonchev–Trinajstić information content (AvgIpc) is 2.97. The van der Waals surface area contributed by atoms with Crippen molar-refractivity contribution in [2.45, 2.75) is 45.6 Å². The Hall–Kier alpha value is -2.43. The standard InChI is InChI=1S/C18H23N3O2/c1-5-13(15(19)17(22)23-18(2,3)4)16-20-11-14(21-16)12-9-7-6-8-10-12/h6-11,13,19H,5H2,1-4H3,(H,20,21)/t13-/m0/s1. The van der Waals surface area contributed by atoms with Gasteiger partial charge in [0.15, 0.2) is 0 Å². The molecule has 2 aromatic rings. The minimum Gasteiger partial charge on any atom is -0.455 e. The van der Waals surface area contributed by atoms with Gasteiger partial charge < -0.3 is 9.72 Å². The summed E-state index contributed by atoms with van der Waals surface area (Å²) in [5.74, 6) is -0.383. The maximum atomic E-state index is 12.1. The summed E-state index contributed by atoms with van der Waals surface area (Å²) in [5, 5.41) is 8.15. The quantitative estimate of drug-likeness (QED) is 0.648. The van der Waals surface area contributed by atoms with Crippen LogP contribution in [0.5, 0.6) is 0 Å². The van der Waals surface area contributed by atoms with Gasteiger partial charge in [0, 0.05) is 0 Å². The molecule has 23 heavy (non-hydrogen) atoms. The van der Waals surface area contributed by atoms with Crippen molar-refractivity contribution in [2.75, 3.05) is 0 Å². The number of benzene rings is 1. The predicted octanol–water partition coefficient (Wildman–Crippen LogP) is 3.93. The molecule has 0 bridgehead atoms. The van der Waals surface area contributed by atoms with Crippen molar-refractivity contribution < 1.29 is 9.53 Å². The van der Waals surface area contributed by atoms with Crippen molar-refractivity contribution in [1.29, 1.82) is 5.41 Å². The number of nitrogens with one attached hydrogen (secondary N) is 2. The number of carbonyl (C=O) groups is 1. The molecule has 2 rings (SSSR count). The summed E-state index contributed by atoms with van der Waals surface area (Å²) in [4.78, 5) is 19.7. The number of aromatic amines is 1. The van der Waals surface area contributed by atoms with E-state index in [1.807, 2.05) is 37.3 Å². The molecule has 0 aliphatic rings. The van der Waals surface area contributed by atoms with E-state index >= 15 is 0 Å². The van der Waals surface area contributed by atoms with Crippen LogP contribution >= 0.6 is 0 Å².